The molecule has 4 heterocycles. The van der Waals surface area contributed by atoms with Gasteiger partial charge in [-0.05, 0) is 17.5 Å². The van der Waals surface area contributed by atoms with Gasteiger partial charge in [0.2, 0.25) is 0 Å². The van der Waals surface area contributed by atoms with Gasteiger partial charge in [-0.2, -0.15) is 0 Å². The molecule has 5 nitrogen and oxygen atoms in total. The van der Waals surface area contributed by atoms with Gasteiger partial charge in [-0.15, -0.1) is 11.3 Å². The quantitative estimate of drug-likeness (QED) is 0.781. The predicted octanol–water partition coefficient (Wildman–Crippen LogP) is 3.11. The van der Waals surface area contributed by atoms with E-state index in [1.165, 1.54) is 0 Å². The zero-order valence-electron chi connectivity index (χ0n) is 12.8. The molecule has 0 saturated carbocycles. The van der Waals surface area contributed by atoms with Gasteiger partial charge in [0.25, 0.3) is 5.56 Å². The van der Waals surface area contributed by atoms with Crippen molar-refractivity contribution in [1.82, 2.24) is 19.9 Å². The Morgan fingerprint density at radius 2 is 2.29 bits per heavy atom. The average molecular weight is 359 g/mol. The number of H-pyrrole nitrogens is 1. The van der Waals surface area contributed by atoms with Gasteiger partial charge < -0.3 is 4.98 Å². The first kappa shape index (κ1) is 15.5. The fourth-order valence-electron chi connectivity index (χ4n) is 2.91. The molecular formula is C17H15ClN4OS. The molecular weight excluding hydrogens is 344 g/mol. The maximum Gasteiger partial charge on any atom is 0.255 e. The van der Waals surface area contributed by atoms with Crippen LogP contribution in [0.4, 0.5) is 0 Å². The van der Waals surface area contributed by atoms with Gasteiger partial charge in [0.05, 0.1) is 16.1 Å². The van der Waals surface area contributed by atoms with Crippen LogP contribution in [0.2, 0.25) is 5.02 Å². The van der Waals surface area contributed by atoms with Gasteiger partial charge in [-0.25, -0.2) is 4.98 Å². The molecule has 0 spiro atoms. The molecule has 24 heavy (non-hydrogen) atoms. The molecule has 0 fully saturated rings. The zero-order chi connectivity index (χ0) is 16.5. The Hall–Kier alpha value is -2.02. The van der Waals surface area contributed by atoms with Crippen molar-refractivity contribution >= 4 is 22.9 Å². The van der Waals surface area contributed by atoms with Crippen LogP contribution in [0.3, 0.4) is 0 Å². The van der Waals surface area contributed by atoms with E-state index in [0.29, 0.717) is 23.9 Å². The molecule has 0 unspecified atom stereocenters. The number of fused-ring (bicyclic) bond motifs is 1. The summed E-state index contributed by atoms with van der Waals surface area (Å²) in [5.74, 6) is 0.664. The second-order valence-corrected chi connectivity index (χ2v) is 7.10. The monoisotopic (exact) mass is 358 g/mol. The molecule has 0 bridgehead atoms. The van der Waals surface area contributed by atoms with E-state index in [2.05, 4.69) is 19.9 Å². The van der Waals surface area contributed by atoms with E-state index >= 15 is 0 Å². The maximum absolute atomic E-state index is 12.5. The number of nitrogens with zero attached hydrogens (tertiary/aromatic N) is 3. The molecule has 1 aliphatic heterocycles. The summed E-state index contributed by atoms with van der Waals surface area (Å²) in [6, 6.07) is 5.71. The standard InChI is InChI=1S/C17H15ClN4OS/c18-13-3-5-19-8-11(13)9-22-6-4-14-12(10-22)17(23)21-16(20-14)15-2-1-7-24-15/h1-3,5,7-8H,4,6,9-10H2,(H,20,21,23). The lowest BCUT2D eigenvalue weighted by Crippen LogP contribution is -2.35. The Morgan fingerprint density at radius 1 is 1.38 bits per heavy atom. The minimum Gasteiger partial charge on any atom is -0.306 e. The molecule has 0 amide bonds. The molecule has 7 heteroatoms. The SMILES string of the molecule is O=c1[nH]c(-c2cccs2)nc2c1CN(Cc1cnccc1Cl)CC2. The third-order valence-corrected chi connectivity index (χ3v) is 5.39. The molecule has 0 aromatic carbocycles. The minimum absolute atomic E-state index is 0.0506. The first-order valence-corrected chi connectivity index (χ1v) is 8.93. The molecule has 4 rings (SSSR count). The summed E-state index contributed by atoms with van der Waals surface area (Å²) in [6.07, 6.45) is 4.22. The van der Waals surface area contributed by atoms with Crippen LogP contribution >= 0.6 is 22.9 Å². The van der Waals surface area contributed by atoms with E-state index in [4.69, 9.17) is 11.6 Å². The number of nitrogens with one attached hydrogen (secondary N) is 1. The molecule has 0 aliphatic carbocycles. The summed E-state index contributed by atoms with van der Waals surface area (Å²) < 4.78 is 0. The Kier molecular flexibility index (Phi) is 4.18. The molecule has 0 radical (unpaired) electrons. The van der Waals surface area contributed by atoms with Crippen molar-refractivity contribution in [3.05, 3.63) is 68.2 Å². The van der Waals surface area contributed by atoms with Crippen LogP contribution in [0, 0.1) is 0 Å². The highest BCUT2D eigenvalue weighted by atomic mass is 35.5. The van der Waals surface area contributed by atoms with E-state index < -0.39 is 0 Å². The van der Waals surface area contributed by atoms with Gasteiger partial charge in [0, 0.05) is 49.0 Å². The summed E-state index contributed by atoms with van der Waals surface area (Å²) in [7, 11) is 0. The van der Waals surface area contributed by atoms with Crippen LogP contribution in [0.5, 0.6) is 0 Å². The number of thiophene rings is 1. The van der Waals surface area contributed by atoms with Crippen LogP contribution < -0.4 is 5.56 Å². The molecule has 0 atom stereocenters. The lowest BCUT2D eigenvalue weighted by Gasteiger charge is -2.27. The summed E-state index contributed by atoms with van der Waals surface area (Å²) >= 11 is 7.78. The summed E-state index contributed by atoms with van der Waals surface area (Å²) in [5.41, 5.74) is 2.57. The van der Waals surface area contributed by atoms with E-state index in [0.717, 1.165) is 34.7 Å². The van der Waals surface area contributed by atoms with Gasteiger partial charge in [0.1, 0.15) is 0 Å². The van der Waals surface area contributed by atoms with E-state index in [9.17, 15) is 4.79 Å². The van der Waals surface area contributed by atoms with Crippen molar-refractivity contribution in [3.8, 4) is 10.7 Å². The van der Waals surface area contributed by atoms with Crippen LogP contribution in [0.1, 0.15) is 16.8 Å². The number of aromatic nitrogens is 3. The van der Waals surface area contributed by atoms with Gasteiger partial charge in [0.15, 0.2) is 5.82 Å². The number of hydrogen-bond donors (Lipinski definition) is 1. The fourth-order valence-corrected chi connectivity index (χ4v) is 3.75. The van der Waals surface area contributed by atoms with E-state index in [1.54, 1.807) is 29.8 Å². The highest BCUT2D eigenvalue weighted by Gasteiger charge is 2.22. The lowest BCUT2D eigenvalue weighted by molar-refractivity contribution is 0.241. The van der Waals surface area contributed by atoms with Crippen molar-refractivity contribution in [2.24, 2.45) is 0 Å². The van der Waals surface area contributed by atoms with Crippen molar-refractivity contribution in [2.45, 2.75) is 19.5 Å². The predicted molar refractivity (Wildman–Crippen MR) is 95.2 cm³/mol. The molecule has 3 aromatic heterocycles. The van der Waals surface area contributed by atoms with Crippen molar-refractivity contribution in [2.75, 3.05) is 6.54 Å². The second kappa shape index (κ2) is 6.47. The third kappa shape index (κ3) is 3.00. The van der Waals surface area contributed by atoms with E-state index in [-0.39, 0.29) is 5.56 Å². The average Bonchev–Trinajstić information content (AvgIpc) is 3.12. The summed E-state index contributed by atoms with van der Waals surface area (Å²) in [6.45, 7) is 2.10. The third-order valence-electron chi connectivity index (χ3n) is 4.14. The van der Waals surface area contributed by atoms with Crippen molar-refractivity contribution in [1.29, 1.82) is 0 Å². The first-order chi connectivity index (χ1) is 11.7. The number of pyridine rings is 1. The Labute approximate surface area is 148 Å². The Bertz CT molecular complexity index is 923. The number of hydrogen-bond acceptors (Lipinski definition) is 5. The molecule has 3 aromatic rings. The van der Waals surface area contributed by atoms with Crippen LogP contribution in [-0.2, 0) is 19.5 Å². The highest BCUT2D eigenvalue weighted by Crippen LogP contribution is 2.24. The molecule has 1 N–H and O–H groups in total. The molecule has 122 valence electrons. The molecule has 1 aliphatic rings. The second-order valence-electron chi connectivity index (χ2n) is 5.74. The Balaban J connectivity index is 1.60. The van der Waals surface area contributed by atoms with Gasteiger partial charge in [-0.1, -0.05) is 17.7 Å². The normalized spacial score (nSPS) is 14.5. The Morgan fingerprint density at radius 3 is 3.08 bits per heavy atom. The van der Waals surface area contributed by atoms with Crippen molar-refractivity contribution < 1.29 is 0 Å². The van der Waals surface area contributed by atoms with Crippen LogP contribution in [0.15, 0.2) is 40.8 Å². The van der Waals surface area contributed by atoms with Gasteiger partial charge in [-0.3, -0.25) is 14.7 Å². The fraction of sp³-hybridized carbons (Fsp3) is 0.235. The number of rotatable bonds is 3. The lowest BCUT2D eigenvalue weighted by atomic mass is 10.1. The molecule has 0 saturated heterocycles. The number of aromatic amines is 1. The van der Waals surface area contributed by atoms with Crippen LogP contribution in [-0.4, -0.2) is 26.4 Å². The minimum atomic E-state index is -0.0506. The highest BCUT2D eigenvalue weighted by molar-refractivity contribution is 7.13. The zero-order valence-corrected chi connectivity index (χ0v) is 14.4. The smallest absolute Gasteiger partial charge is 0.255 e. The van der Waals surface area contributed by atoms with Crippen LogP contribution in [0.25, 0.3) is 10.7 Å². The maximum atomic E-state index is 12.5. The summed E-state index contributed by atoms with van der Waals surface area (Å²) in [5, 5.41) is 2.68. The number of halogens is 1. The van der Waals surface area contributed by atoms with E-state index in [1.807, 2.05) is 17.5 Å². The first-order valence-electron chi connectivity index (χ1n) is 7.67. The summed E-state index contributed by atoms with van der Waals surface area (Å²) in [4.78, 5) is 27.4. The topological polar surface area (TPSA) is 61.9 Å². The van der Waals surface area contributed by atoms with Gasteiger partial charge >= 0.3 is 0 Å². The largest absolute Gasteiger partial charge is 0.306 e. The van der Waals surface area contributed by atoms with Crippen molar-refractivity contribution in [3.63, 3.8) is 0 Å².